The van der Waals surface area contributed by atoms with Crippen LogP contribution in [0.2, 0.25) is 0 Å². The van der Waals surface area contributed by atoms with E-state index < -0.39 is 36.1 Å². The SMILES string of the molecule is CC(CO)n1nnc(C(N)=O)c1C(F)(F)F. The Morgan fingerprint density at radius 2 is 2.19 bits per heavy atom. The summed E-state index contributed by atoms with van der Waals surface area (Å²) in [5.41, 5.74) is 2.45. The van der Waals surface area contributed by atoms with Gasteiger partial charge in [-0.1, -0.05) is 5.21 Å². The second-order valence-electron chi connectivity index (χ2n) is 3.12. The topological polar surface area (TPSA) is 94.0 Å². The van der Waals surface area contributed by atoms with Gasteiger partial charge in [0, 0.05) is 0 Å². The molecule has 0 saturated carbocycles. The molecule has 90 valence electrons. The molecule has 1 heterocycles. The molecule has 1 rings (SSSR count). The van der Waals surface area contributed by atoms with Gasteiger partial charge in [0.05, 0.1) is 12.6 Å². The second kappa shape index (κ2) is 4.08. The Morgan fingerprint density at radius 3 is 2.56 bits per heavy atom. The lowest BCUT2D eigenvalue weighted by molar-refractivity contribution is -0.145. The summed E-state index contributed by atoms with van der Waals surface area (Å²) in [7, 11) is 0. The minimum atomic E-state index is -4.81. The predicted octanol–water partition coefficient (Wildman–Crippen LogP) is -0.0509. The van der Waals surface area contributed by atoms with Gasteiger partial charge < -0.3 is 10.8 Å². The van der Waals surface area contributed by atoms with E-state index in [9.17, 15) is 18.0 Å². The van der Waals surface area contributed by atoms with Crippen LogP contribution < -0.4 is 5.73 Å². The minimum absolute atomic E-state index is 0.431. The van der Waals surface area contributed by atoms with Crippen LogP contribution in [-0.4, -0.2) is 32.6 Å². The first-order valence-corrected chi connectivity index (χ1v) is 4.22. The maximum Gasteiger partial charge on any atom is 0.435 e. The molecule has 0 fully saturated rings. The third-order valence-corrected chi connectivity index (χ3v) is 1.88. The number of nitrogens with two attached hydrogens (primary N) is 1. The van der Waals surface area contributed by atoms with E-state index in [1.54, 1.807) is 0 Å². The standard InChI is InChI=1S/C7H9F3N4O2/c1-3(2-15)14-5(7(8,9)10)4(6(11)16)12-13-14/h3,15H,2H2,1H3,(H2,11,16). The number of carbonyl (C=O) groups is 1. The number of halogens is 3. The van der Waals surface area contributed by atoms with Gasteiger partial charge >= 0.3 is 6.18 Å². The van der Waals surface area contributed by atoms with Crippen molar-refractivity contribution < 1.29 is 23.1 Å². The molecule has 0 aromatic carbocycles. The molecule has 3 N–H and O–H groups in total. The van der Waals surface area contributed by atoms with Crippen LogP contribution in [0.3, 0.4) is 0 Å². The van der Waals surface area contributed by atoms with Crippen LogP contribution in [0.5, 0.6) is 0 Å². The summed E-state index contributed by atoms with van der Waals surface area (Å²) in [6.45, 7) is 0.735. The molecule has 0 aliphatic carbocycles. The molecule has 0 aliphatic heterocycles. The van der Waals surface area contributed by atoms with Crippen molar-refractivity contribution in [1.82, 2.24) is 15.0 Å². The third-order valence-electron chi connectivity index (χ3n) is 1.88. The third kappa shape index (κ3) is 2.13. The molecule has 16 heavy (non-hydrogen) atoms. The average Bonchev–Trinajstić information content (AvgIpc) is 2.59. The smallest absolute Gasteiger partial charge is 0.394 e. The van der Waals surface area contributed by atoms with E-state index in [-0.39, 0.29) is 0 Å². The van der Waals surface area contributed by atoms with Crippen LogP contribution in [-0.2, 0) is 6.18 Å². The lowest BCUT2D eigenvalue weighted by Crippen LogP contribution is -2.24. The molecule has 6 nitrogen and oxygen atoms in total. The first-order chi connectivity index (χ1) is 7.29. The van der Waals surface area contributed by atoms with Crippen LogP contribution in [0.4, 0.5) is 13.2 Å². The predicted molar refractivity (Wildman–Crippen MR) is 45.3 cm³/mol. The Balaban J connectivity index is 3.37. The number of aliphatic hydroxyl groups excluding tert-OH is 1. The minimum Gasteiger partial charge on any atom is -0.394 e. The van der Waals surface area contributed by atoms with Crippen LogP contribution >= 0.6 is 0 Å². The Hall–Kier alpha value is -1.64. The fourth-order valence-corrected chi connectivity index (χ4v) is 1.11. The van der Waals surface area contributed by atoms with E-state index in [4.69, 9.17) is 10.8 Å². The van der Waals surface area contributed by atoms with Gasteiger partial charge in [0.25, 0.3) is 5.91 Å². The van der Waals surface area contributed by atoms with Gasteiger partial charge in [-0.15, -0.1) is 5.10 Å². The van der Waals surface area contributed by atoms with Gasteiger partial charge in [-0.2, -0.15) is 13.2 Å². The lowest BCUT2D eigenvalue weighted by Gasteiger charge is -2.14. The molecule has 1 amide bonds. The summed E-state index contributed by atoms with van der Waals surface area (Å²) >= 11 is 0. The molecule has 1 unspecified atom stereocenters. The normalized spacial score (nSPS) is 13.8. The highest BCUT2D eigenvalue weighted by Gasteiger charge is 2.41. The Labute approximate surface area is 87.8 Å². The van der Waals surface area contributed by atoms with Crippen molar-refractivity contribution in [3.63, 3.8) is 0 Å². The molecule has 1 aromatic rings. The zero-order valence-electron chi connectivity index (χ0n) is 8.19. The highest BCUT2D eigenvalue weighted by Crippen LogP contribution is 2.32. The number of hydrogen-bond acceptors (Lipinski definition) is 4. The molecule has 0 bridgehead atoms. The van der Waals surface area contributed by atoms with Crippen LogP contribution in [0, 0.1) is 0 Å². The molecule has 9 heteroatoms. The highest BCUT2D eigenvalue weighted by atomic mass is 19.4. The largest absolute Gasteiger partial charge is 0.435 e. The lowest BCUT2D eigenvalue weighted by atomic mass is 10.2. The molecule has 1 atom stereocenters. The van der Waals surface area contributed by atoms with Gasteiger partial charge in [0.15, 0.2) is 11.4 Å². The van der Waals surface area contributed by atoms with E-state index in [0.29, 0.717) is 4.68 Å². The number of alkyl halides is 3. The fraction of sp³-hybridized carbons (Fsp3) is 0.571. The highest BCUT2D eigenvalue weighted by molar-refractivity contribution is 5.91. The number of hydrogen-bond donors (Lipinski definition) is 2. The van der Waals surface area contributed by atoms with Gasteiger partial charge in [0.2, 0.25) is 0 Å². The van der Waals surface area contributed by atoms with Gasteiger partial charge in [-0.05, 0) is 6.92 Å². The maximum absolute atomic E-state index is 12.6. The summed E-state index contributed by atoms with van der Waals surface area (Å²) < 4.78 is 38.3. The monoisotopic (exact) mass is 238 g/mol. The molecular weight excluding hydrogens is 229 g/mol. The maximum atomic E-state index is 12.6. The van der Waals surface area contributed by atoms with E-state index in [2.05, 4.69) is 10.3 Å². The summed E-state index contributed by atoms with van der Waals surface area (Å²) in [5.74, 6) is -1.32. The fourth-order valence-electron chi connectivity index (χ4n) is 1.11. The zero-order valence-corrected chi connectivity index (χ0v) is 8.19. The van der Waals surface area contributed by atoms with Crippen molar-refractivity contribution >= 4 is 5.91 Å². The summed E-state index contributed by atoms with van der Waals surface area (Å²) in [6.07, 6.45) is -4.81. The summed E-state index contributed by atoms with van der Waals surface area (Å²) in [6, 6.07) is -0.947. The van der Waals surface area contributed by atoms with Gasteiger partial charge in [-0.25, -0.2) is 4.68 Å². The van der Waals surface area contributed by atoms with E-state index in [1.165, 1.54) is 6.92 Å². The number of primary amides is 1. The number of aromatic nitrogens is 3. The molecule has 0 spiro atoms. The molecule has 0 aliphatic rings. The van der Waals surface area contributed by atoms with Crippen LogP contribution in [0.25, 0.3) is 0 Å². The number of nitrogens with zero attached hydrogens (tertiary/aromatic N) is 3. The van der Waals surface area contributed by atoms with Crippen molar-refractivity contribution in [3.8, 4) is 0 Å². The van der Waals surface area contributed by atoms with Crippen molar-refractivity contribution in [2.24, 2.45) is 5.73 Å². The Morgan fingerprint density at radius 1 is 1.62 bits per heavy atom. The number of carbonyl (C=O) groups excluding carboxylic acids is 1. The summed E-state index contributed by atoms with van der Waals surface area (Å²) in [4.78, 5) is 10.7. The number of rotatable bonds is 3. The van der Waals surface area contributed by atoms with Gasteiger partial charge in [-0.3, -0.25) is 4.79 Å². The van der Waals surface area contributed by atoms with E-state index in [0.717, 1.165) is 0 Å². The number of amides is 1. The van der Waals surface area contributed by atoms with E-state index >= 15 is 0 Å². The van der Waals surface area contributed by atoms with E-state index in [1.807, 2.05) is 0 Å². The van der Waals surface area contributed by atoms with Crippen LogP contribution in [0.15, 0.2) is 0 Å². The quantitative estimate of drug-likeness (QED) is 0.771. The van der Waals surface area contributed by atoms with Crippen molar-refractivity contribution in [2.45, 2.75) is 19.1 Å². The molecule has 1 aromatic heterocycles. The Bertz CT molecular complexity index is 401. The van der Waals surface area contributed by atoms with Crippen molar-refractivity contribution in [1.29, 1.82) is 0 Å². The average molecular weight is 238 g/mol. The zero-order chi connectivity index (χ0) is 12.5. The van der Waals surface area contributed by atoms with Crippen molar-refractivity contribution in [3.05, 3.63) is 11.4 Å². The van der Waals surface area contributed by atoms with Crippen molar-refractivity contribution in [2.75, 3.05) is 6.61 Å². The molecular formula is C7H9F3N4O2. The first kappa shape index (κ1) is 12.4. The second-order valence-corrected chi connectivity index (χ2v) is 3.12. The molecule has 0 saturated heterocycles. The van der Waals surface area contributed by atoms with Gasteiger partial charge in [0.1, 0.15) is 0 Å². The van der Waals surface area contributed by atoms with Crippen LogP contribution in [0.1, 0.15) is 29.1 Å². The summed E-state index contributed by atoms with van der Waals surface area (Å²) in [5, 5.41) is 15.0. The first-order valence-electron chi connectivity index (χ1n) is 4.22. The molecule has 0 radical (unpaired) electrons. The number of aliphatic hydroxyl groups is 1. The Kier molecular flexibility index (Phi) is 3.17.